The molecule has 1 fully saturated rings. The molecule has 1 aliphatic rings. The summed E-state index contributed by atoms with van der Waals surface area (Å²) in [4.78, 5) is 19.3. The zero-order valence-corrected chi connectivity index (χ0v) is 14.6. The van der Waals surface area contributed by atoms with Gasteiger partial charge in [0.2, 0.25) is 0 Å². The van der Waals surface area contributed by atoms with Crippen molar-refractivity contribution in [1.29, 1.82) is 0 Å². The molecule has 4 nitrogen and oxygen atoms in total. The predicted octanol–water partition coefficient (Wildman–Crippen LogP) is 3.43. The Morgan fingerprint density at radius 2 is 1.85 bits per heavy atom. The summed E-state index contributed by atoms with van der Waals surface area (Å²) in [6.07, 6.45) is 3.68. The summed E-state index contributed by atoms with van der Waals surface area (Å²) >= 11 is 0. The number of likely N-dealkylation sites (tertiary alicyclic amines) is 1. The van der Waals surface area contributed by atoms with E-state index in [1.807, 2.05) is 47.4 Å². The van der Waals surface area contributed by atoms with Gasteiger partial charge in [0, 0.05) is 24.7 Å². The van der Waals surface area contributed by atoms with Crippen molar-refractivity contribution in [2.75, 3.05) is 13.1 Å². The van der Waals surface area contributed by atoms with Gasteiger partial charge in [-0.1, -0.05) is 48.5 Å². The quantitative estimate of drug-likeness (QED) is 0.787. The molecule has 2 aromatic carbocycles. The molecule has 1 atom stereocenters. The number of aromatic nitrogens is 1. The van der Waals surface area contributed by atoms with Crippen LogP contribution in [0, 0.1) is 5.92 Å². The summed E-state index contributed by atoms with van der Waals surface area (Å²) in [6.45, 7) is 1.62. The molecular formula is C22H22N2O2. The molecule has 0 unspecified atom stereocenters. The Kier molecular flexibility index (Phi) is 4.67. The highest BCUT2D eigenvalue weighted by Gasteiger charge is 2.28. The molecule has 0 spiro atoms. The summed E-state index contributed by atoms with van der Waals surface area (Å²) in [5.74, 6) is 0.494. The van der Waals surface area contributed by atoms with E-state index < -0.39 is 0 Å². The standard InChI is InChI=1S/C22H22N2O2/c25-15-17-7-5-16(6-8-17)13-18-10-12-24(14-18)22(26)21-20-4-2-1-3-19(20)9-11-23-21/h1-9,11,18,25H,10,12-15H2/t18-/m1/s1. The number of benzene rings is 2. The maximum Gasteiger partial charge on any atom is 0.273 e. The third-order valence-corrected chi connectivity index (χ3v) is 5.18. The van der Waals surface area contributed by atoms with Crippen LogP contribution in [0.1, 0.15) is 28.0 Å². The zero-order valence-electron chi connectivity index (χ0n) is 14.6. The van der Waals surface area contributed by atoms with Crippen LogP contribution in [0.25, 0.3) is 10.8 Å². The molecule has 1 saturated heterocycles. The number of carbonyl (C=O) groups is 1. The van der Waals surface area contributed by atoms with E-state index >= 15 is 0 Å². The van der Waals surface area contributed by atoms with Crippen molar-refractivity contribution in [1.82, 2.24) is 9.88 Å². The van der Waals surface area contributed by atoms with Crippen LogP contribution < -0.4 is 0 Å². The van der Waals surface area contributed by atoms with E-state index in [1.165, 1.54) is 5.56 Å². The lowest BCUT2D eigenvalue weighted by atomic mass is 9.98. The van der Waals surface area contributed by atoms with Crippen molar-refractivity contribution >= 4 is 16.7 Å². The van der Waals surface area contributed by atoms with Gasteiger partial charge in [-0.3, -0.25) is 9.78 Å². The van der Waals surface area contributed by atoms with Crippen LogP contribution in [0.5, 0.6) is 0 Å². The van der Waals surface area contributed by atoms with Crippen LogP contribution >= 0.6 is 0 Å². The van der Waals surface area contributed by atoms with Crippen LogP contribution in [0.15, 0.2) is 60.8 Å². The Bertz CT molecular complexity index is 916. The van der Waals surface area contributed by atoms with E-state index in [9.17, 15) is 4.79 Å². The lowest BCUT2D eigenvalue weighted by Gasteiger charge is -2.17. The summed E-state index contributed by atoms with van der Waals surface area (Å²) in [5, 5.41) is 11.1. The SMILES string of the molecule is O=C(c1nccc2ccccc12)N1CC[C@H](Cc2ccc(CO)cc2)C1. The molecule has 3 aromatic rings. The predicted molar refractivity (Wildman–Crippen MR) is 102 cm³/mol. The van der Waals surface area contributed by atoms with Crippen molar-refractivity contribution in [2.45, 2.75) is 19.4 Å². The molecule has 0 aliphatic carbocycles. The second-order valence-corrected chi connectivity index (χ2v) is 6.97. The first-order chi connectivity index (χ1) is 12.7. The van der Waals surface area contributed by atoms with Crippen LogP contribution in [-0.4, -0.2) is 34.0 Å². The Labute approximate surface area is 153 Å². The van der Waals surface area contributed by atoms with Gasteiger partial charge in [0.1, 0.15) is 5.69 Å². The zero-order chi connectivity index (χ0) is 17.9. The van der Waals surface area contributed by atoms with E-state index in [0.717, 1.165) is 42.3 Å². The molecule has 1 aromatic heterocycles. The van der Waals surface area contributed by atoms with Gasteiger partial charge in [-0.05, 0) is 41.3 Å². The molecule has 4 rings (SSSR count). The van der Waals surface area contributed by atoms with Gasteiger partial charge in [-0.25, -0.2) is 0 Å². The topological polar surface area (TPSA) is 53.4 Å². The fourth-order valence-corrected chi connectivity index (χ4v) is 3.74. The maximum absolute atomic E-state index is 13.0. The molecule has 4 heteroatoms. The minimum atomic E-state index is 0.0277. The Balaban J connectivity index is 1.46. The molecular weight excluding hydrogens is 324 g/mol. The van der Waals surface area contributed by atoms with Gasteiger partial charge < -0.3 is 10.0 Å². The summed E-state index contributed by atoms with van der Waals surface area (Å²) in [5.41, 5.74) is 2.74. The molecule has 26 heavy (non-hydrogen) atoms. The summed E-state index contributed by atoms with van der Waals surface area (Å²) in [6, 6.07) is 17.9. The van der Waals surface area contributed by atoms with Crippen molar-refractivity contribution < 1.29 is 9.90 Å². The number of amides is 1. The molecule has 0 radical (unpaired) electrons. The second-order valence-electron chi connectivity index (χ2n) is 6.97. The number of hydrogen-bond donors (Lipinski definition) is 1. The highest BCUT2D eigenvalue weighted by Crippen LogP contribution is 2.24. The Morgan fingerprint density at radius 1 is 1.08 bits per heavy atom. The minimum Gasteiger partial charge on any atom is -0.392 e. The molecule has 0 bridgehead atoms. The number of aliphatic hydroxyl groups excluding tert-OH is 1. The van der Waals surface area contributed by atoms with Crippen molar-refractivity contribution in [3.63, 3.8) is 0 Å². The number of rotatable bonds is 4. The average molecular weight is 346 g/mol. The van der Waals surface area contributed by atoms with Gasteiger partial charge >= 0.3 is 0 Å². The highest BCUT2D eigenvalue weighted by atomic mass is 16.3. The number of pyridine rings is 1. The molecule has 2 heterocycles. The lowest BCUT2D eigenvalue weighted by molar-refractivity contribution is 0.0783. The molecule has 0 saturated carbocycles. The molecule has 1 N–H and O–H groups in total. The number of aliphatic hydroxyl groups is 1. The van der Waals surface area contributed by atoms with E-state index in [-0.39, 0.29) is 12.5 Å². The maximum atomic E-state index is 13.0. The monoisotopic (exact) mass is 346 g/mol. The lowest BCUT2D eigenvalue weighted by Crippen LogP contribution is -2.29. The van der Waals surface area contributed by atoms with E-state index in [4.69, 9.17) is 5.11 Å². The third-order valence-electron chi connectivity index (χ3n) is 5.18. The van der Waals surface area contributed by atoms with Crippen molar-refractivity contribution in [2.24, 2.45) is 5.92 Å². The molecule has 1 aliphatic heterocycles. The van der Waals surface area contributed by atoms with Gasteiger partial charge in [0.25, 0.3) is 5.91 Å². The number of fused-ring (bicyclic) bond motifs is 1. The fraction of sp³-hybridized carbons (Fsp3) is 0.273. The van der Waals surface area contributed by atoms with Gasteiger partial charge in [-0.15, -0.1) is 0 Å². The molecule has 132 valence electrons. The number of carbonyl (C=O) groups excluding carboxylic acids is 1. The largest absolute Gasteiger partial charge is 0.392 e. The van der Waals surface area contributed by atoms with Crippen LogP contribution in [0.2, 0.25) is 0 Å². The van der Waals surface area contributed by atoms with Crippen LogP contribution in [0.3, 0.4) is 0 Å². The van der Waals surface area contributed by atoms with Crippen molar-refractivity contribution in [3.05, 3.63) is 77.6 Å². The first-order valence-electron chi connectivity index (χ1n) is 9.06. The highest BCUT2D eigenvalue weighted by molar-refractivity contribution is 6.05. The number of nitrogens with zero attached hydrogens (tertiary/aromatic N) is 2. The van der Waals surface area contributed by atoms with Crippen molar-refractivity contribution in [3.8, 4) is 0 Å². The van der Waals surface area contributed by atoms with Crippen LogP contribution in [0.4, 0.5) is 0 Å². The summed E-state index contributed by atoms with van der Waals surface area (Å²) < 4.78 is 0. The average Bonchev–Trinajstić information content (AvgIpc) is 3.16. The normalized spacial score (nSPS) is 17.0. The Morgan fingerprint density at radius 3 is 2.65 bits per heavy atom. The van der Waals surface area contributed by atoms with Crippen LogP contribution in [-0.2, 0) is 13.0 Å². The van der Waals surface area contributed by atoms with E-state index in [1.54, 1.807) is 6.20 Å². The smallest absolute Gasteiger partial charge is 0.273 e. The minimum absolute atomic E-state index is 0.0277. The van der Waals surface area contributed by atoms with Gasteiger partial charge in [0.05, 0.1) is 6.61 Å². The number of hydrogen-bond acceptors (Lipinski definition) is 3. The second kappa shape index (κ2) is 7.26. The first kappa shape index (κ1) is 16.7. The van der Waals surface area contributed by atoms with Gasteiger partial charge in [0.15, 0.2) is 0 Å². The first-order valence-corrected chi connectivity index (χ1v) is 9.06. The van der Waals surface area contributed by atoms with E-state index in [2.05, 4.69) is 17.1 Å². The molecule has 1 amide bonds. The van der Waals surface area contributed by atoms with E-state index in [0.29, 0.717) is 11.6 Å². The fourth-order valence-electron chi connectivity index (χ4n) is 3.74. The van der Waals surface area contributed by atoms with Gasteiger partial charge in [-0.2, -0.15) is 0 Å². The third kappa shape index (κ3) is 3.33. The Hall–Kier alpha value is -2.72. The summed E-state index contributed by atoms with van der Waals surface area (Å²) in [7, 11) is 0.